The lowest BCUT2D eigenvalue weighted by molar-refractivity contribution is 0.262. The maximum absolute atomic E-state index is 13.0. The Bertz CT molecular complexity index is 968. The number of nitrogens with zero attached hydrogens (tertiary/aromatic N) is 3. The third-order valence-electron chi connectivity index (χ3n) is 7.22. The standard InChI is InChI=1S/C20H28N4O2/c1-3-5-23-16-15(17(25)24(6-4-2)19(23)26)21-18(22-16)20-10-12-7-13(11-20)9-14(20)8-12/h12-14H,3-11H2,1-2H3,(H,21,22)/t12-,13?,14?,20?/m1/s1. The molecule has 140 valence electrons. The molecule has 4 aliphatic rings. The monoisotopic (exact) mass is 356 g/mol. The van der Waals surface area contributed by atoms with E-state index in [1.165, 1.54) is 36.7 Å². The van der Waals surface area contributed by atoms with Crippen LogP contribution in [0.2, 0.25) is 0 Å². The highest BCUT2D eigenvalue weighted by Crippen LogP contribution is 2.65. The molecule has 3 unspecified atom stereocenters. The lowest BCUT2D eigenvalue weighted by Crippen LogP contribution is -2.40. The molecule has 4 bridgehead atoms. The van der Waals surface area contributed by atoms with Crippen LogP contribution in [0.25, 0.3) is 11.2 Å². The fraction of sp³-hybridized carbons (Fsp3) is 0.750. The number of aromatic nitrogens is 4. The topological polar surface area (TPSA) is 72.7 Å². The summed E-state index contributed by atoms with van der Waals surface area (Å²) in [7, 11) is 0. The predicted octanol–water partition coefficient (Wildman–Crippen LogP) is 2.78. The summed E-state index contributed by atoms with van der Waals surface area (Å²) >= 11 is 0. The second-order valence-corrected chi connectivity index (χ2v) is 8.88. The Morgan fingerprint density at radius 1 is 1.04 bits per heavy atom. The zero-order valence-corrected chi connectivity index (χ0v) is 15.8. The number of H-pyrrole nitrogens is 1. The van der Waals surface area contributed by atoms with Crippen LogP contribution in [0.5, 0.6) is 0 Å². The van der Waals surface area contributed by atoms with E-state index in [0.717, 1.165) is 30.5 Å². The molecule has 2 aromatic rings. The zero-order valence-electron chi connectivity index (χ0n) is 15.8. The maximum Gasteiger partial charge on any atom is 0.332 e. The van der Waals surface area contributed by atoms with Gasteiger partial charge in [0, 0.05) is 18.5 Å². The number of aromatic amines is 1. The predicted molar refractivity (Wildman–Crippen MR) is 100 cm³/mol. The molecule has 26 heavy (non-hydrogen) atoms. The molecule has 4 aliphatic carbocycles. The first kappa shape index (κ1) is 16.3. The van der Waals surface area contributed by atoms with Crippen molar-refractivity contribution in [3.05, 3.63) is 26.7 Å². The Morgan fingerprint density at radius 3 is 2.35 bits per heavy atom. The van der Waals surface area contributed by atoms with E-state index in [1.54, 1.807) is 4.57 Å². The molecule has 4 fully saturated rings. The lowest BCUT2D eigenvalue weighted by atomic mass is 9.75. The van der Waals surface area contributed by atoms with Gasteiger partial charge in [0.05, 0.1) is 0 Å². The van der Waals surface area contributed by atoms with Gasteiger partial charge in [-0.3, -0.25) is 13.9 Å². The van der Waals surface area contributed by atoms with Crippen LogP contribution in [0.3, 0.4) is 0 Å². The van der Waals surface area contributed by atoms with E-state index < -0.39 is 0 Å². The number of imidazole rings is 1. The first-order valence-corrected chi connectivity index (χ1v) is 10.3. The molecule has 6 rings (SSSR count). The Kier molecular flexibility index (Phi) is 3.50. The van der Waals surface area contributed by atoms with Gasteiger partial charge in [0.2, 0.25) is 0 Å². The van der Waals surface area contributed by atoms with Gasteiger partial charge in [-0.2, -0.15) is 0 Å². The van der Waals surface area contributed by atoms with Gasteiger partial charge in [0.15, 0.2) is 5.65 Å². The van der Waals surface area contributed by atoms with Crippen LogP contribution in [0.4, 0.5) is 0 Å². The third-order valence-corrected chi connectivity index (χ3v) is 7.22. The van der Waals surface area contributed by atoms with Crippen molar-refractivity contribution < 1.29 is 0 Å². The van der Waals surface area contributed by atoms with E-state index in [2.05, 4.69) is 11.9 Å². The molecule has 0 radical (unpaired) electrons. The smallest absolute Gasteiger partial charge is 0.332 e. The van der Waals surface area contributed by atoms with Gasteiger partial charge in [-0.05, 0) is 62.7 Å². The van der Waals surface area contributed by atoms with Gasteiger partial charge < -0.3 is 4.98 Å². The summed E-state index contributed by atoms with van der Waals surface area (Å²) in [4.78, 5) is 34.2. The molecule has 0 spiro atoms. The number of hydrogen-bond acceptors (Lipinski definition) is 3. The zero-order chi connectivity index (χ0) is 18.1. The minimum atomic E-state index is -0.209. The minimum absolute atomic E-state index is 0.127. The van der Waals surface area contributed by atoms with Crippen molar-refractivity contribution in [1.82, 2.24) is 19.1 Å². The third kappa shape index (κ3) is 2.01. The van der Waals surface area contributed by atoms with Crippen LogP contribution in [-0.4, -0.2) is 19.1 Å². The number of nitrogens with one attached hydrogen (secondary N) is 1. The molecule has 2 aromatic heterocycles. The largest absolute Gasteiger partial charge is 0.336 e. The molecular formula is C20H28N4O2. The summed E-state index contributed by atoms with van der Waals surface area (Å²) in [6, 6.07) is 0. The molecule has 4 saturated carbocycles. The second-order valence-electron chi connectivity index (χ2n) is 8.88. The average molecular weight is 356 g/mol. The summed E-state index contributed by atoms with van der Waals surface area (Å²) in [5.74, 6) is 3.35. The van der Waals surface area contributed by atoms with Crippen LogP contribution in [-0.2, 0) is 18.5 Å². The van der Waals surface area contributed by atoms with Crippen LogP contribution in [0.15, 0.2) is 9.59 Å². The van der Waals surface area contributed by atoms with Crippen LogP contribution in [0, 0.1) is 17.8 Å². The van der Waals surface area contributed by atoms with Crippen LogP contribution in [0.1, 0.15) is 64.6 Å². The van der Waals surface area contributed by atoms with Crippen molar-refractivity contribution >= 4 is 11.2 Å². The highest BCUT2D eigenvalue weighted by atomic mass is 16.2. The number of fused-ring (bicyclic) bond motifs is 1. The molecule has 0 saturated heterocycles. The normalized spacial score (nSPS) is 32.2. The summed E-state index contributed by atoms with van der Waals surface area (Å²) < 4.78 is 3.10. The van der Waals surface area contributed by atoms with E-state index in [4.69, 9.17) is 4.98 Å². The van der Waals surface area contributed by atoms with Crippen LogP contribution < -0.4 is 11.2 Å². The van der Waals surface area contributed by atoms with Gasteiger partial charge in [-0.15, -0.1) is 0 Å². The highest BCUT2D eigenvalue weighted by molar-refractivity contribution is 5.70. The van der Waals surface area contributed by atoms with Crippen molar-refractivity contribution in [3.63, 3.8) is 0 Å². The minimum Gasteiger partial charge on any atom is -0.336 e. The fourth-order valence-corrected chi connectivity index (χ4v) is 6.43. The highest BCUT2D eigenvalue weighted by Gasteiger charge is 2.59. The van der Waals surface area contributed by atoms with E-state index in [-0.39, 0.29) is 16.7 Å². The van der Waals surface area contributed by atoms with Gasteiger partial charge in [-0.25, -0.2) is 9.78 Å². The Hall–Kier alpha value is -1.85. The summed E-state index contributed by atoms with van der Waals surface area (Å²) in [6.45, 7) is 5.11. The molecule has 0 aromatic carbocycles. The number of rotatable bonds is 5. The quantitative estimate of drug-likeness (QED) is 0.895. The Morgan fingerprint density at radius 2 is 1.69 bits per heavy atom. The first-order chi connectivity index (χ1) is 12.6. The molecule has 2 heterocycles. The van der Waals surface area contributed by atoms with E-state index in [9.17, 15) is 9.59 Å². The van der Waals surface area contributed by atoms with Gasteiger partial charge in [-0.1, -0.05) is 13.8 Å². The summed E-state index contributed by atoms with van der Waals surface area (Å²) in [6.07, 6.45) is 8.03. The Labute approximate surface area is 152 Å². The molecule has 4 atom stereocenters. The number of aryl methyl sites for hydroxylation is 1. The van der Waals surface area contributed by atoms with Gasteiger partial charge in [0.25, 0.3) is 5.56 Å². The van der Waals surface area contributed by atoms with Gasteiger partial charge in [0.1, 0.15) is 11.3 Å². The van der Waals surface area contributed by atoms with E-state index in [1.807, 2.05) is 6.92 Å². The van der Waals surface area contributed by atoms with Crippen molar-refractivity contribution in [1.29, 1.82) is 0 Å². The molecule has 0 amide bonds. The van der Waals surface area contributed by atoms with Crippen LogP contribution >= 0.6 is 0 Å². The van der Waals surface area contributed by atoms with Crippen molar-refractivity contribution in [3.8, 4) is 0 Å². The fourth-order valence-electron chi connectivity index (χ4n) is 6.43. The SMILES string of the molecule is CCCn1c(=O)c2[nH]c(C34CC5CC3C[C@@H](C5)C4)nc2n(CCC)c1=O. The van der Waals surface area contributed by atoms with Crippen molar-refractivity contribution in [2.75, 3.05) is 0 Å². The molecule has 0 aliphatic heterocycles. The van der Waals surface area contributed by atoms with E-state index >= 15 is 0 Å². The van der Waals surface area contributed by atoms with Crippen molar-refractivity contribution in [2.45, 2.75) is 77.3 Å². The summed E-state index contributed by atoms with van der Waals surface area (Å²) in [5.41, 5.74) is 0.819. The average Bonchev–Trinajstić information content (AvgIpc) is 3.24. The number of hydrogen-bond donors (Lipinski definition) is 1. The lowest BCUT2D eigenvalue weighted by Gasteiger charge is -2.30. The molecule has 1 N–H and O–H groups in total. The molecular weight excluding hydrogens is 328 g/mol. The maximum atomic E-state index is 13.0. The Balaban J connectivity index is 1.73. The second kappa shape index (κ2) is 5.57. The first-order valence-electron chi connectivity index (χ1n) is 10.3. The molecule has 6 heteroatoms. The molecule has 6 nitrogen and oxygen atoms in total. The van der Waals surface area contributed by atoms with E-state index in [0.29, 0.717) is 30.2 Å². The van der Waals surface area contributed by atoms with Gasteiger partial charge >= 0.3 is 5.69 Å². The summed E-state index contributed by atoms with van der Waals surface area (Å²) in [5, 5.41) is 0. The van der Waals surface area contributed by atoms with Crippen molar-refractivity contribution in [2.24, 2.45) is 17.8 Å².